The van der Waals surface area contributed by atoms with Crippen molar-refractivity contribution in [3.05, 3.63) is 59.7 Å². The highest BCUT2D eigenvalue weighted by molar-refractivity contribution is 5.80. The van der Waals surface area contributed by atoms with E-state index in [-0.39, 0.29) is 25.5 Å². The third-order valence-electron chi connectivity index (χ3n) is 5.81. The Morgan fingerprint density at radius 3 is 2.09 bits per heavy atom. The van der Waals surface area contributed by atoms with E-state index >= 15 is 0 Å². The van der Waals surface area contributed by atoms with E-state index in [1.807, 2.05) is 53.8 Å². The zero-order valence-corrected chi connectivity index (χ0v) is 18.4. The van der Waals surface area contributed by atoms with Crippen LogP contribution in [-0.2, 0) is 14.3 Å². The van der Waals surface area contributed by atoms with Crippen LogP contribution in [0.2, 0.25) is 0 Å². The molecule has 7 nitrogen and oxygen atoms in total. The lowest BCUT2D eigenvalue weighted by Crippen LogP contribution is -2.43. The lowest BCUT2D eigenvalue weighted by molar-refractivity contribution is -0.192. The normalized spacial score (nSPS) is 14.5. The number of benzene rings is 2. The van der Waals surface area contributed by atoms with Gasteiger partial charge in [0.2, 0.25) is 5.91 Å². The van der Waals surface area contributed by atoms with Crippen LogP contribution in [-0.4, -0.2) is 48.9 Å². The molecule has 10 heteroatoms. The molecule has 2 aromatic carbocycles. The van der Waals surface area contributed by atoms with Crippen molar-refractivity contribution in [3.8, 4) is 11.1 Å². The number of carboxylic acids is 1. The first-order chi connectivity index (χ1) is 16.1. The van der Waals surface area contributed by atoms with Crippen molar-refractivity contribution >= 4 is 18.0 Å². The number of ether oxygens (including phenoxy) is 1. The number of hydrogen-bond acceptors (Lipinski definition) is 4. The average Bonchev–Trinajstić information content (AvgIpc) is 3.10. The van der Waals surface area contributed by atoms with Gasteiger partial charge in [0.15, 0.2) is 5.92 Å². The van der Waals surface area contributed by atoms with Crippen molar-refractivity contribution < 1.29 is 37.4 Å². The molecule has 1 aliphatic carbocycles. The summed E-state index contributed by atoms with van der Waals surface area (Å²) in [6.45, 7) is 0.608. The van der Waals surface area contributed by atoms with Gasteiger partial charge in [0.25, 0.3) is 0 Å². The second-order valence-corrected chi connectivity index (χ2v) is 8.12. The van der Waals surface area contributed by atoms with Gasteiger partial charge in [0, 0.05) is 24.9 Å². The number of alkyl carbamates (subject to hydrolysis) is 1. The van der Waals surface area contributed by atoms with E-state index < -0.39 is 42.5 Å². The molecule has 0 heterocycles. The maximum atomic E-state index is 12.7. The molecular weight excluding hydrogens is 453 g/mol. The molecule has 0 spiro atoms. The molecule has 0 radical (unpaired) electrons. The van der Waals surface area contributed by atoms with Crippen molar-refractivity contribution in [1.82, 2.24) is 10.6 Å². The number of carboxylic acid groups (broad SMARTS) is 1. The zero-order chi connectivity index (χ0) is 24.9. The number of amides is 2. The average molecular weight is 478 g/mol. The van der Waals surface area contributed by atoms with Crippen molar-refractivity contribution in [2.45, 2.75) is 25.4 Å². The van der Waals surface area contributed by atoms with Gasteiger partial charge in [-0.1, -0.05) is 55.5 Å². The second kappa shape index (κ2) is 10.6. The highest BCUT2D eigenvalue weighted by Crippen LogP contribution is 2.44. The number of aliphatic carboxylic acids is 1. The lowest BCUT2D eigenvalue weighted by atomic mass is 9.98. The Morgan fingerprint density at radius 1 is 1.00 bits per heavy atom. The summed E-state index contributed by atoms with van der Waals surface area (Å²) >= 11 is 0. The first-order valence-electron chi connectivity index (χ1n) is 10.8. The molecule has 0 aliphatic heterocycles. The van der Waals surface area contributed by atoms with Gasteiger partial charge in [0.1, 0.15) is 6.61 Å². The van der Waals surface area contributed by atoms with E-state index in [1.165, 1.54) is 6.92 Å². The van der Waals surface area contributed by atoms with Crippen molar-refractivity contribution in [1.29, 1.82) is 0 Å². The highest BCUT2D eigenvalue weighted by Gasteiger charge is 2.45. The van der Waals surface area contributed by atoms with Crippen LogP contribution in [0.3, 0.4) is 0 Å². The van der Waals surface area contributed by atoms with Crippen LogP contribution in [0.5, 0.6) is 0 Å². The summed E-state index contributed by atoms with van der Waals surface area (Å²) in [5.41, 5.74) is 4.34. The summed E-state index contributed by atoms with van der Waals surface area (Å²) < 4.78 is 43.4. The van der Waals surface area contributed by atoms with E-state index in [1.54, 1.807) is 0 Å². The zero-order valence-electron chi connectivity index (χ0n) is 18.4. The quantitative estimate of drug-likeness (QED) is 0.507. The molecule has 0 saturated heterocycles. The fraction of sp³-hybridized carbons (Fsp3) is 0.375. The van der Waals surface area contributed by atoms with Crippen LogP contribution in [0.1, 0.15) is 30.4 Å². The van der Waals surface area contributed by atoms with Gasteiger partial charge < -0.3 is 20.5 Å². The van der Waals surface area contributed by atoms with Gasteiger partial charge in [-0.3, -0.25) is 9.59 Å². The molecule has 0 saturated carbocycles. The third kappa shape index (κ3) is 5.86. The van der Waals surface area contributed by atoms with Crippen LogP contribution in [0.4, 0.5) is 18.0 Å². The number of nitrogens with one attached hydrogen (secondary N) is 2. The molecule has 0 aromatic heterocycles. The molecule has 0 bridgehead atoms. The van der Waals surface area contributed by atoms with E-state index in [9.17, 15) is 27.6 Å². The minimum absolute atomic E-state index is 0.0624. The Morgan fingerprint density at radius 2 is 1.56 bits per heavy atom. The van der Waals surface area contributed by atoms with E-state index in [2.05, 4.69) is 5.32 Å². The molecule has 2 aromatic rings. The first kappa shape index (κ1) is 25.1. The summed E-state index contributed by atoms with van der Waals surface area (Å²) in [5.74, 6) is -6.31. The smallest absolute Gasteiger partial charge is 0.407 e. The number of carbonyl (C=O) groups excluding carboxylic acids is 2. The SMILES string of the molecule is CC(CCNC(=O)OCC1c2ccccc2-c2ccccc21)C(=O)NCC(C(=O)O)C(F)(F)F. The van der Waals surface area contributed by atoms with Gasteiger partial charge in [-0.05, 0) is 28.7 Å². The van der Waals surface area contributed by atoms with Crippen molar-refractivity contribution in [2.75, 3.05) is 19.7 Å². The van der Waals surface area contributed by atoms with Crippen molar-refractivity contribution in [2.24, 2.45) is 11.8 Å². The van der Waals surface area contributed by atoms with Gasteiger partial charge in [-0.15, -0.1) is 0 Å². The monoisotopic (exact) mass is 478 g/mol. The molecule has 3 rings (SSSR count). The number of halogens is 3. The fourth-order valence-corrected chi connectivity index (χ4v) is 3.89. The molecule has 2 unspecified atom stereocenters. The van der Waals surface area contributed by atoms with Gasteiger partial charge in [-0.2, -0.15) is 13.2 Å². The molecule has 0 fully saturated rings. The number of hydrogen-bond donors (Lipinski definition) is 3. The van der Waals surface area contributed by atoms with Gasteiger partial charge >= 0.3 is 18.2 Å². The maximum Gasteiger partial charge on any atom is 0.407 e. The Balaban J connectivity index is 1.44. The Bertz CT molecular complexity index is 1010. The molecule has 2 atom stereocenters. The van der Waals surface area contributed by atoms with Crippen LogP contribution >= 0.6 is 0 Å². The minimum atomic E-state index is -4.96. The number of fused-ring (bicyclic) bond motifs is 3. The predicted molar refractivity (Wildman–Crippen MR) is 117 cm³/mol. The van der Waals surface area contributed by atoms with E-state index in [4.69, 9.17) is 9.84 Å². The standard InChI is InChI=1S/C24H25F3N2O5/c1-14(21(30)29-12-20(22(31)32)24(25,26)27)10-11-28-23(33)34-13-19-17-8-4-2-6-15(17)16-7-3-5-9-18(16)19/h2-9,14,19-20H,10-13H2,1H3,(H,28,33)(H,29,30)(H,31,32). The molecule has 3 N–H and O–H groups in total. The summed E-state index contributed by atoms with van der Waals surface area (Å²) in [5, 5.41) is 13.2. The molecule has 182 valence electrons. The summed E-state index contributed by atoms with van der Waals surface area (Å²) in [4.78, 5) is 34.9. The number of alkyl halides is 3. The van der Waals surface area contributed by atoms with Gasteiger partial charge in [0.05, 0.1) is 0 Å². The Labute approximate surface area is 194 Å². The van der Waals surface area contributed by atoms with E-state index in [0.717, 1.165) is 22.3 Å². The van der Waals surface area contributed by atoms with Crippen molar-refractivity contribution in [3.63, 3.8) is 0 Å². The molecule has 34 heavy (non-hydrogen) atoms. The Hall–Kier alpha value is -3.56. The summed E-state index contributed by atoms with van der Waals surface area (Å²) in [6.07, 6.45) is -5.49. The lowest BCUT2D eigenvalue weighted by Gasteiger charge is -2.18. The predicted octanol–water partition coefficient (Wildman–Crippen LogP) is 3.93. The molecular formula is C24H25F3N2O5. The topological polar surface area (TPSA) is 105 Å². The summed E-state index contributed by atoms with van der Waals surface area (Å²) in [7, 11) is 0. The third-order valence-corrected chi connectivity index (χ3v) is 5.81. The summed E-state index contributed by atoms with van der Waals surface area (Å²) in [6, 6.07) is 15.8. The highest BCUT2D eigenvalue weighted by atomic mass is 19.4. The van der Waals surface area contributed by atoms with Gasteiger partial charge in [-0.25, -0.2) is 4.79 Å². The second-order valence-electron chi connectivity index (χ2n) is 8.12. The minimum Gasteiger partial charge on any atom is -0.481 e. The van der Waals surface area contributed by atoms with Crippen LogP contribution in [0, 0.1) is 11.8 Å². The maximum absolute atomic E-state index is 12.7. The first-order valence-corrected chi connectivity index (χ1v) is 10.8. The number of rotatable bonds is 9. The van der Waals surface area contributed by atoms with Crippen LogP contribution in [0.15, 0.2) is 48.5 Å². The van der Waals surface area contributed by atoms with Crippen LogP contribution in [0.25, 0.3) is 11.1 Å². The molecule has 2 amide bonds. The van der Waals surface area contributed by atoms with E-state index in [0.29, 0.717) is 0 Å². The number of carbonyl (C=O) groups is 3. The van der Waals surface area contributed by atoms with Crippen LogP contribution < -0.4 is 10.6 Å². The largest absolute Gasteiger partial charge is 0.481 e. The Kier molecular flexibility index (Phi) is 7.80. The fourth-order valence-electron chi connectivity index (χ4n) is 3.89. The molecule has 1 aliphatic rings.